The average molecular weight is 230 g/mol. The van der Waals surface area contributed by atoms with Gasteiger partial charge in [-0.2, -0.15) is 0 Å². The van der Waals surface area contributed by atoms with Crippen LogP contribution in [0.5, 0.6) is 0 Å². The molecule has 2 fully saturated rings. The van der Waals surface area contributed by atoms with Crippen molar-refractivity contribution in [3.8, 4) is 0 Å². The molecule has 92 valence electrons. The molecule has 2 heteroatoms. The molecule has 0 aliphatic carbocycles. The highest BCUT2D eigenvalue weighted by Crippen LogP contribution is 2.31. The second kappa shape index (κ2) is 4.34. The summed E-state index contributed by atoms with van der Waals surface area (Å²) >= 11 is 0. The number of hydrogen-bond acceptors (Lipinski definition) is 2. The van der Waals surface area contributed by atoms with Crippen LogP contribution in [0.1, 0.15) is 30.4 Å². The minimum Gasteiger partial charge on any atom is -0.380 e. The monoisotopic (exact) mass is 230 g/mol. The quantitative estimate of drug-likeness (QED) is 0.840. The van der Waals surface area contributed by atoms with Gasteiger partial charge in [-0.3, -0.25) is 4.90 Å². The maximum atomic E-state index is 3.78. The molecule has 2 nitrogen and oxygen atoms in total. The van der Waals surface area contributed by atoms with E-state index in [-0.39, 0.29) is 0 Å². The summed E-state index contributed by atoms with van der Waals surface area (Å²) in [6.07, 6.45) is 4.07. The Hall–Kier alpha value is -1.02. The maximum Gasteiger partial charge on any atom is 0.0429 e. The Labute approximate surface area is 104 Å². The van der Waals surface area contributed by atoms with Crippen LogP contribution >= 0.6 is 0 Å². The third-order valence-electron chi connectivity index (χ3n) is 4.55. The van der Waals surface area contributed by atoms with E-state index in [1.54, 1.807) is 0 Å². The fourth-order valence-corrected chi connectivity index (χ4v) is 3.36. The van der Waals surface area contributed by atoms with Crippen LogP contribution in [0.2, 0.25) is 0 Å². The fraction of sp³-hybridized carbons (Fsp3) is 0.600. The lowest BCUT2D eigenvalue weighted by Gasteiger charge is -2.23. The SMILES string of the molecule is Cc1cccc(NC2CCN3CCCC23)c1C. The van der Waals surface area contributed by atoms with Gasteiger partial charge >= 0.3 is 0 Å². The summed E-state index contributed by atoms with van der Waals surface area (Å²) in [6, 6.07) is 8.02. The molecule has 0 aromatic heterocycles. The first-order valence-electron chi connectivity index (χ1n) is 6.82. The summed E-state index contributed by atoms with van der Waals surface area (Å²) < 4.78 is 0. The molecule has 2 heterocycles. The summed E-state index contributed by atoms with van der Waals surface area (Å²) in [6.45, 7) is 7.01. The Morgan fingerprint density at radius 1 is 1.18 bits per heavy atom. The lowest BCUT2D eigenvalue weighted by molar-refractivity contribution is 0.318. The Morgan fingerprint density at radius 3 is 2.94 bits per heavy atom. The number of aryl methyl sites for hydroxylation is 1. The van der Waals surface area contributed by atoms with Gasteiger partial charge in [0.05, 0.1) is 0 Å². The molecule has 2 saturated heterocycles. The number of rotatable bonds is 2. The van der Waals surface area contributed by atoms with Crippen LogP contribution in [0.3, 0.4) is 0 Å². The predicted octanol–water partition coefficient (Wildman–Crippen LogP) is 2.95. The van der Waals surface area contributed by atoms with Gasteiger partial charge in [0, 0.05) is 24.3 Å². The van der Waals surface area contributed by atoms with Gasteiger partial charge in [-0.25, -0.2) is 0 Å². The van der Waals surface area contributed by atoms with Crippen molar-refractivity contribution in [2.24, 2.45) is 0 Å². The van der Waals surface area contributed by atoms with Crippen LogP contribution in [0.25, 0.3) is 0 Å². The topological polar surface area (TPSA) is 15.3 Å². The standard InChI is InChI=1S/C15H22N2/c1-11-5-3-6-13(12(11)2)16-14-8-10-17-9-4-7-15(14)17/h3,5-6,14-16H,4,7-10H2,1-2H3. The molecule has 0 amide bonds. The molecule has 0 bridgehead atoms. The molecule has 1 aromatic rings. The van der Waals surface area contributed by atoms with Gasteiger partial charge in [0.15, 0.2) is 0 Å². The number of anilines is 1. The van der Waals surface area contributed by atoms with Crippen LogP contribution in [0.4, 0.5) is 5.69 Å². The van der Waals surface area contributed by atoms with Crippen molar-refractivity contribution in [2.75, 3.05) is 18.4 Å². The summed E-state index contributed by atoms with van der Waals surface area (Å²) in [7, 11) is 0. The van der Waals surface area contributed by atoms with Gasteiger partial charge < -0.3 is 5.32 Å². The summed E-state index contributed by atoms with van der Waals surface area (Å²) in [4.78, 5) is 2.66. The average Bonchev–Trinajstić information content (AvgIpc) is 2.89. The maximum absolute atomic E-state index is 3.78. The Morgan fingerprint density at radius 2 is 2.06 bits per heavy atom. The molecular weight excluding hydrogens is 208 g/mol. The van der Waals surface area contributed by atoms with E-state index in [2.05, 4.69) is 42.3 Å². The van der Waals surface area contributed by atoms with E-state index >= 15 is 0 Å². The van der Waals surface area contributed by atoms with Crippen LogP contribution in [-0.4, -0.2) is 30.1 Å². The van der Waals surface area contributed by atoms with Gasteiger partial charge in [0.2, 0.25) is 0 Å². The zero-order chi connectivity index (χ0) is 11.8. The largest absolute Gasteiger partial charge is 0.380 e. The molecular formula is C15H22N2. The van der Waals surface area contributed by atoms with E-state index < -0.39 is 0 Å². The van der Waals surface area contributed by atoms with Crippen molar-refractivity contribution in [1.82, 2.24) is 4.90 Å². The second-order valence-corrected chi connectivity index (χ2v) is 5.53. The van der Waals surface area contributed by atoms with Crippen molar-refractivity contribution >= 4 is 5.69 Å². The predicted molar refractivity (Wildman–Crippen MR) is 72.5 cm³/mol. The molecule has 17 heavy (non-hydrogen) atoms. The zero-order valence-corrected chi connectivity index (χ0v) is 10.9. The second-order valence-electron chi connectivity index (χ2n) is 5.53. The Kier molecular flexibility index (Phi) is 2.83. The third-order valence-corrected chi connectivity index (χ3v) is 4.55. The van der Waals surface area contributed by atoms with Gasteiger partial charge in [0.25, 0.3) is 0 Å². The number of nitrogens with one attached hydrogen (secondary N) is 1. The van der Waals surface area contributed by atoms with Gasteiger partial charge in [-0.15, -0.1) is 0 Å². The van der Waals surface area contributed by atoms with Crippen LogP contribution in [0, 0.1) is 13.8 Å². The highest BCUT2D eigenvalue weighted by molar-refractivity contribution is 5.54. The first-order chi connectivity index (χ1) is 8.25. The van der Waals surface area contributed by atoms with Crippen molar-refractivity contribution in [1.29, 1.82) is 0 Å². The van der Waals surface area contributed by atoms with Gasteiger partial charge in [0.1, 0.15) is 0 Å². The molecule has 1 N–H and O–H groups in total. The molecule has 2 aliphatic rings. The third kappa shape index (κ3) is 1.95. The highest BCUT2D eigenvalue weighted by atomic mass is 15.2. The summed E-state index contributed by atoms with van der Waals surface area (Å²) in [5.74, 6) is 0. The molecule has 0 spiro atoms. The Bertz CT molecular complexity index is 413. The molecule has 2 aliphatic heterocycles. The number of fused-ring (bicyclic) bond motifs is 1. The van der Waals surface area contributed by atoms with E-state index in [4.69, 9.17) is 0 Å². The summed E-state index contributed by atoms with van der Waals surface area (Å²) in [5.41, 5.74) is 4.13. The van der Waals surface area contributed by atoms with Crippen LogP contribution in [-0.2, 0) is 0 Å². The number of benzene rings is 1. The lowest BCUT2D eigenvalue weighted by Crippen LogP contribution is -2.33. The fourth-order valence-electron chi connectivity index (χ4n) is 3.36. The number of hydrogen-bond donors (Lipinski definition) is 1. The van der Waals surface area contributed by atoms with Gasteiger partial charge in [-0.1, -0.05) is 12.1 Å². The van der Waals surface area contributed by atoms with Crippen molar-refractivity contribution < 1.29 is 0 Å². The molecule has 0 radical (unpaired) electrons. The molecule has 2 atom stereocenters. The number of nitrogens with zero attached hydrogens (tertiary/aromatic N) is 1. The van der Waals surface area contributed by atoms with E-state index in [9.17, 15) is 0 Å². The van der Waals surface area contributed by atoms with Crippen LogP contribution in [0.15, 0.2) is 18.2 Å². The van der Waals surface area contributed by atoms with Crippen molar-refractivity contribution in [3.63, 3.8) is 0 Å². The first-order valence-corrected chi connectivity index (χ1v) is 6.82. The minimum atomic E-state index is 0.665. The van der Waals surface area contributed by atoms with E-state index in [1.165, 1.54) is 49.2 Å². The van der Waals surface area contributed by atoms with Gasteiger partial charge in [-0.05, 0) is 56.8 Å². The first kappa shape index (κ1) is 11.1. The summed E-state index contributed by atoms with van der Waals surface area (Å²) in [5, 5.41) is 3.78. The molecule has 2 unspecified atom stereocenters. The van der Waals surface area contributed by atoms with Crippen molar-refractivity contribution in [3.05, 3.63) is 29.3 Å². The zero-order valence-electron chi connectivity index (χ0n) is 10.9. The van der Waals surface area contributed by atoms with E-state index in [0.717, 1.165) is 6.04 Å². The van der Waals surface area contributed by atoms with E-state index in [1.807, 2.05) is 0 Å². The van der Waals surface area contributed by atoms with E-state index in [0.29, 0.717) is 6.04 Å². The molecule has 1 aromatic carbocycles. The minimum absolute atomic E-state index is 0.665. The lowest BCUT2D eigenvalue weighted by atomic mass is 10.0. The molecule has 0 saturated carbocycles. The molecule has 3 rings (SSSR count). The van der Waals surface area contributed by atoms with Crippen molar-refractivity contribution in [2.45, 2.75) is 45.2 Å². The van der Waals surface area contributed by atoms with Crippen LogP contribution < -0.4 is 5.32 Å². The Balaban J connectivity index is 1.76. The smallest absolute Gasteiger partial charge is 0.0429 e. The highest BCUT2D eigenvalue weighted by Gasteiger charge is 2.37. The normalized spacial score (nSPS) is 28.4.